The first kappa shape index (κ1) is 22.1. The van der Waals surface area contributed by atoms with Crippen LogP contribution in [0.3, 0.4) is 0 Å². The van der Waals surface area contributed by atoms with Crippen molar-refractivity contribution in [1.29, 1.82) is 0 Å². The summed E-state index contributed by atoms with van der Waals surface area (Å²) in [7, 11) is 0. The van der Waals surface area contributed by atoms with Gasteiger partial charge in [-0.3, -0.25) is 4.79 Å². The van der Waals surface area contributed by atoms with Crippen molar-refractivity contribution in [2.45, 2.75) is 25.8 Å². The van der Waals surface area contributed by atoms with Crippen LogP contribution in [0.5, 0.6) is 0 Å². The molecule has 0 radical (unpaired) electrons. The highest BCUT2D eigenvalue weighted by atomic mass is 16.6. The van der Waals surface area contributed by atoms with Crippen LogP contribution in [-0.4, -0.2) is 36.3 Å². The molecule has 0 saturated heterocycles. The van der Waals surface area contributed by atoms with Crippen LogP contribution >= 0.6 is 0 Å². The average molecular weight is 447 g/mol. The summed E-state index contributed by atoms with van der Waals surface area (Å²) in [5.74, 6) is -0.457. The Balaban J connectivity index is 1.87. The van der Waals surface area contributed by atoms with Crippen LogP contribution in [-0.2, 0) is 26.2 Å². The van der Waals surface area contributed by atoms with Gasteiger partial charge in [0, 0.05) is 17.7 Å². The first-order chi connectivity index (χ1) is 16.0. The molecule has 1 heterocycles. The molecule has 0 bridgehead atoms. The van der Waals surface area contributed by atoms with Crippen LogP contribution in [0, 0.1) is 0 Å². The van der Waals surface area contributed by atoms with Crippen molar-refractivity contribution >= 4 is 34.6 Å². The third-order valence-corrected chi connectivity index (χ3v) is 5.58. The number of rotatable bonds is 5. The Labute approximate surface area is 191 Å². The second-order valence-corrected chi connectivity index (χ2v) is 7.58. The van der Waals surface area contributed by atoms with E-state index in [1.807, 2.05) is 42.5 Å². The van der Waals surface area contributed by atoms with E-state index in [0.717, 1.165) is 21.3 Å². The summed E-state index contributed by atoms with van der Waals surface area (Å²) >= 11 is 0. The van der Waals surface area contributed by atoms with Gasteiger partial charge in [-0.1, -0.05) is 60.7 Å². The van der Waals surface area contributed by atoms with Gasteiger partial charge in [0.1, 0.15) is 0 Å². The van der Waals surface area contributed by atoms with Crippen LogP contribution < -0.4 is 10.7 Å². The van der Waals surface area contributed by atoms with Crippen molar-refractivity contribution in [3.05, 3.63) is 77.9 Å². The molecule has 0 unspecified atom stereocenters. The molecular weight excluding hydrogens is 422 g/mol. The molecule has 3 aromatic carbocycles. The molecule has 8 heteroatoms. The first-order valence-electron chi connectivity index (χ1n) is 10.8. The van der Waals surface area contributed by atoms with Gasteiger partial charge in [0.05, 0.1) is 13.2 Å². The van der Waals surface area contributed by atoms with E-state index in [1.54, 1.807) is 38.1 Å². The minimum Gasteiger partial charge on any atom is -0.449 e. The number of nitrogens with one attached hydrogen (secondary N) is 2. The average Bonchev–Trinajstić information content (AvgIpc) is 3.09. The zero-order valence-corrected chi connectivity index (χ0v) is 18.5. The summed E-state index contributed by atoms with van der Waals surface area (Å²) in [4.78, 5) is 39.0. The molecule has 0 aliphatic carbocycles. The lowest BCUT2D eigenvalue weighted by Crippen LogP contribution is -2.62. The minimum absolute atomic E-state index is 0.0646. The number of hydrogen-bond donors (Lipinski definition) is 2. The van der Waals surface area contributed by atoms with Gasteiger partial charge < -0.3 is 14.8 Å². The maximum atomic E-state index is 13.6. The summed E-state index contributed by atoms with van der Waals surface area (Å²) < 4.78 is 10.2. The lowest BCUT2D eigenvalue weighted by molar-refractivity contribution is -0.128. The molecule has 2 N–H and O–H groups in total. The molecular formula is C25H25N3O5. The number of carbonyl (C=O) groups excluding carboxylic acids is 3. The molecule has 0 saturated carbocycles. The number of hydrazine groups is 1. The number of fused-ring (bicyclic) bond motifs is 2. The Morgan fingerprint density at radius 2 is 1.64 bits per heavy atom. The van der Waals surface area contributed by atoms with Crippen molar-refractivity contribution in [2.24, 2.45) is 0 Å². The minimum atomic E-state index is -1.59. The fourth-order valence-electron chi connectivity index (χ4n) is 4.16. The largest absolute Gasteiger partial charge is 0.449 e. The second kappa shape index (κ2) is 9.20. The monoisotopic (exact) mass is 447 g/mol. The summed E-state index contributed by atoms with van der Waals surface area (Å²) in [6.07, 6.45) is -1.62. The first-order valence-corrected chi connectivity index (χ1v) is 10.8. The normalized spacial score (nSPS) is 16.6. The van der Waals surface area contributed by atoms with E-state index in [9.17, 15) is 14.4 Å². The summed E-state index contributed by atoms with van der Waals surface area (Å²) in [5, 5.41) is 5.85. The van der Waals surface area contributed by atoms with Crippen LogP contribution in [0.15, 0.2) is 66.7 Å². The van der Waals surface area contributed by atoms with E-state index in [2.05, 4.69) is 10.7 Å². The molecule has 8 nitrogen and oxygen atoms in total. The number of amides is 3. The van der Waals surface area contributed by atoms with E-state index in [1.165, 1.54) is 0 Å². The maximum absolute atomic E-state index is 13.6. The Hall–Kier alpha value is -4.07. The highest BCUT2D eigenvalue weighted by molar-refractivity contribution is 6.07. The summed E-state index contributed by atoms with van der Waals surface area (Å²) in [6.45, 7) is 3.47. The number of para-hydroxylation sites is 1. The predicted molar refractivity (Wildman–Crippen MR) is 123 cm³/mol. The zero-order chi connectivity index (χ0) is 23.4. The Morgan fingerprint density at radius 3 is 2.39 bits per heavy atom. The summed E-state index contributed by atoms with van der Waals surface area (Å²) in [5.41, 5.74) is 2.78. The van der Waals surface area contributed by atoms with E-state index in [-0.39, 0.29) is 19.6 Å². The number of anilines is 1. The Bertz CT molecular complexity index is 1210. The van der Waals surface area contributed by atoms with Gasteiger partial charge in [-0.15, -0.1) is 0 Å². The molecule has 4 rings (SSSR count). The lowest BCUT2D eigenvalue weighted by Gasteiger charge is -2.38. The zero-order valence-electron chi connectivity index (χ0n) is 18.5. The molecule has 1 aliphatic heterocycles. The van der Waals surface area contributed by atoms with Gasteiger partial charge in [-0.05, 0) is 36.2 Å². The number of hydrogen-bond acceptors (Lipinski definition) is 5. The maximum Gasteiger partial charge on any atom is 0.430 e. The van der Waals surface area contributed by atoms with Crippen molar-refractivity contribution < 1.29 is 23.9 Å². The SMILES string of the molecule is CCOC(=O)NN(C(=O)OCC)[C@@]1(Cc2ccc3ccccc3c2)C(=O)Nc2ccccc21. The van der Waals surface area contributed by atoms with E-state index in [0.29, 0.717) is 11.3 Å². The van der Waals surface area contributed by atoms with Gasteiger partial charge in [-0.25, -0.2) is 15.0 Å². The van der Waals surface area contributed by atoms with Gasteiger partial charge in [-0.2, -0.15) is 5.01 Å². The van der Waals surface area contributed by atoms with Crippen molar-refractivity contribution in [3.63, 3.8) is 0 Å². The second-order valence-electron chi connectivity index (χ2n) is 7.58. The molecule has 1 aliphatic rings. The quantitative estimate of drug-likeness (QED) is 0.567. The molecule has 3 amide bonds. The van der Waals surface area contributed by atoms with Crippen molar-refractivity contribution in [1.82, 2.24) is 10.4 Å². The summed E-state index contributed by atoms with van der Waals surface area (Å²) in [6, 6.07) is 20.8. The van der Waals surface area contributed by atoms with E-state index in [4.69, 9.17) is 9.47 Å². The van der Waals surface area contributed by atoms with Gasteiger partial charge in [0.15, 0.2) is 5.54 Å². The number of ether oxygens (including phenoxy) is 2. The molecule has 33 heavy (non-hydrogen) atoms. The molecule has 0 fully saturated rings. The van der Waals surface area contributed by atoms with Gasteiger partial charge in [0.25, 0.3) is 5.91 Å². The predicted octanol–water partition coefficient (Wildman–Crippen LogP) is 4.35. The third-order valence-electron chi connectivity index (χ3n) is 5.58. The van der Waals surface area contributed by atoms with Crippen LogP contribution in [0.4, 0.5) is 15.3 Å². The topological polar surface area (TPSA) is 97.0 Å². The Morgan fingerprint density at radius 1 is 0.939 bits per heavy atom. The third kappa shape index (κ3) is 4.07. The number of benzene rings is 3. The molecule has 170 valence electrons. The van der Waals surface area contributed by atoms with Crippen LogP contribution in [0.1, 0.15) is 25.0 Å². The standard InChI is InChI=1S/C25H25N3O5/c1-3-32-23(30)27-28(24(31)33-4-2)25(20-11-7-8-12-21(20)26-22(25)29)16-17-13-14-18-9-5-6-10-19(18)15-17/h5-15H,3-4,16H2,1-2H3,(H,26,29)(H,27,30)/t25-/m1/s1. The Kier molecular flexibility index (Phi) is 6.17. The molecule has 0 aromatic heterocycles. The van der Waals surface area contributed by atoms with Crippen LogP contribution in [0.25, 0.3) is 10.8 Å². The fourth-order valence-corrected chi connectivity index (χ4v) is 4.16. The molecule has 0 spiro atoms. The number of nitrogens with zero attached hydrogens (tertiary/aromatic N) is 1. The lowest BCUT2D eigenvalue weighted by atomic mass is 9.83. The van der Waals surface area contributed by atoms with Crippen molar-refractivity contribution in [2.75, 3.05) is 18.5 Å². The van der Waals surface area contributed by atoms with E-state index < -0.39 is 23.6 Å². The highest BCUT2D eigenvalue weighted by Gasteiger charge is 2.55. The highest BCUT2D eigenvalue weighted by Crippen LogP contribution is 2.43. The smallest absolute Gasteiger partial charge is 0.430 e. The van der Waals surface area contributed by atoms with E-state index >= 15 is 0 Å². The van der Waals surface area contributed by atoms with Gasteiger partial charge in [0.2, 0.25) is 0 Å². The van der Waals surface area contributed by atoms with Gasteiger partial charge >= 0.3 is 12.2 Å². The molecule has 3 aromatic rings. The fraction of sp³-hybridized carbons (Fsp3) is 0.240. The molecule has 1 atom stereocenters. The van der Waals surface area contributed by atoms with Crippen molar-refractivity contribution in [3.8, 4) is 0 Å². The van der Waals surface area contributed by atoms with Crippen LogP contribution in [0.2, 0.25) is 0 Å². The number of carbonyl (C=O) groups is 3.